The first-order valence-electron chi connectivity index (χ1n) is 8.39. The van der Waals surface area contributed by atoms with Crippen molar-refractivity contribution in [3.8, 4) is 0 Å². The molecule has 0 saturated heterocycles. The fourth-order valence-electron chi connectivity index (χ4n) is 3.13. The molecule has 0 bridgehead atoms. The Morgan fingerprint density at radius 1 is 1.25 bits per heavy atom. The molecule has 0 fully saturated rings. The van der Waals surface area contributed by atoms with Gasteiger partial charge in [-0.3, -0.25) is 4.90 Å². The number of thiophene rings is 1. The molecule has 0 spiro atoms. The third-order valence-corrected chi connectivity index (χ3v) is 5.41. The third kappa shape index (κ3) is 3.77. The number of esters is 1. The maximum absolute atomic E-state index is 12.4. The molecule has 0 radical (unpaired) electrons. The van der Waals surface area contributed by atoms with Crippen LogP contribution < -0.4 is 0 Å². The van der Waals surface area contributed by atoms with Gasteiger partial charge in [0.15, 0.2) is 0 Å². The van der Waals surface area contributed by atoms with Gasteiger partial charge in [-0.05, 0) is 48.4 Å². The maximum Gasteiger partial charge on any atom is 0.334 e. The largest absolute Gasteiger partial charge is 0.463 e. The second-order valence-electron chi connectivity index (χ2n) is 6.06. The van der Waals surface area contributed by atoms with Gasteiger partial charge in [0.05, 0.1) is 6.61 Å². The van der Waals surface area contributed by atoms with Crippen LogP contribution in [0.4, 0.5) is 0 Å². The van der Waals surface area contributed by atoms with E-state index in [0.29, 0.717) is 6.61 Å². The Balaban J connectivity index is 1.87. The lowest BCUT2D eigenvalue weighted by Crippen LogP contribution is -2.32. The van der Waals surface area contributed by atoms with Crippen molar-refractivity contribution in [2.75, 3.05) is 19.7 Å². The first-order valence-corrected chi connectivity index (χ1v) is 9.27. The summed E-state index contributed by atoms with van der Waals surface area (Å²) in [6, 6.07) is 12.6. The number of hydrogen-bond acceptors (Lipinski definition) is 4. The average Bonchev–Trinajstić information content (AvgIpc) is 3.02. The van der Waals surface area contributed by atoms with E-state index < -0.39 is 0 Å². The van der Waals surface area contributed by atoms with Crippen LogP contribution in [0.3, 0.4) is 0 Å². The molecular formula is C20H23NO2S. The SMILES string of the molecule is CCOC(=O)C1=C(c2sccc2C)CN(Cc2ccccc2)CC1. The van der Waals surface area contributed by atoms with E-state index in [2.05, 4.69) is 47.5 Å². The summed E-state index contributed by atoms with van der Waals surface area (Å²) in [5.74, 6) is -0.153. The number of ether oxygens (including phenoxy) is 1. The molecule has 3 nitrogen and oxygen atoms in total. The topological polar surface area (TPSA) is 29.5 Å². The van der Waals surface area contributed by atoms with Crippen LogP contribution in [0.25, 0.3) is 5.57 Å². The minimum Gasteiger partial charge on any atom is -0.463 e. The highest BCUT2D eigenvalue weighted by Gasteiger charge is 2.26. The summed E-state index contributed by atoms with van der Waals surface area (Å²) in [4.78, 5) is 16.0. The molecule has 0 N–H and O–H groups in total. The van der Waals surface area contributed by atoms with Gasteiger partial charge in [-0.1, -0.05) is 30.3 Å². The second-order valence-corrected chi connectivity index (χ2v) is 6.97. The molecule has 1 aromatic heterocycles. The zero-order valence-electron chi connectivity index (χ0n) is 14.2. The smallest absolute Gasteiger partial charge is 0.334 e. The van der Waals surface area contributed by atoms with Gasteiger partial charge in [0.25, 0.3) is 0 Å². The van der Waals surface area contributed by atoms with Gasteiger partial charge < -0.3 is 4.74 Å². The molecule has 0 aliphatic carbocycles. The normalized spacial score (nSPS) is 15.6. The predicted molar refractivity (Wildman–Crippen MR) is 98.9 cm³/mol. The van der Waals surface area contributed by atoms with Crippen molar-refractivity contribution in [3.63, 3.8) is 0 Å². The first-order chi connectivity index (χ1) is 11.7. The molecule has 3 rings (SSSR count). The van der Waals surface area contributed by atoms with Crippen LogP contribution >= 0.6 is 11.3 Å². The standard InChI is InChI=1S/C20H23NO2S/c1-3-23-20(22)17-9-11-21(13-16-7-5-4-6-8-16)14-18(17)19-15(2)10-12-24-19/h4-8,10,12H,3,9,11,13-14H2,1-2H3. The van der Waals surface area contributed by atoms with Gasteiger partial charge in [0.2, 0.25) is 0 Å². The third-order valence-electron chi connectivity index (χ3n) is 4.33. The summed E-state index contributed by atoms with van der Waals surface area (Å²) < 4.78 is 5.29. The van der Waals surface area contributed by atoms with Crippen LogP contribution in [0.1, 0.15) is 29.3 Å². The van der Waals surface area contributed by atoms with Crippen molar-refractivity contribution >= 4 is 22.9 Å². The molecule has 0 amide bonds. The highest BCUT2D eigenvalue weighted by molar-refractivity contribution is 7.11. The van der Waals surface area contributed by atoms with E-state index in [-0.39, 0.29) is 5.97 Å². The summed E-state index contributed by atoms with van der Waals surface area (Å²) in [6.45, 7) is 6.98. The van der Waals surface area contributed by atoms with E-state index in [1.165, 1.54) is 16.0 Å². The predicted octanol–water partition coefficient (Wildman–Crippen LogP) is 4.28. The minimum absolute atomic E-state index is 0.153. The molecule has 0 unspecified atom stereocenters. The van der Waals surface area contributed by atoms with E-state index in [1.54, 1.807) is 11.3 Å². The monoisotopic (exact) mass is 341 g/mol. The molecule has 0 atom stereocenters. The van der Waals surface area contributed by atoms with E-state index in [0.717, 1.165) is 37.2 Å². The number of nitrogens with zero attached hydrogens (tertiary/aromatic N) is 1. The Morgan fingerprint density at radius 2 is 2.04 bits per heavy atom. The summed E-state index contributed by atoms with van der Waals surface area (Å²) in [6.07, 6.45) is 0.748. The number of carbonyl (C=O) groups excluding carboxylic acids is 1. The highest BCUT2D eigenvalue weighted by atomic mass is 32.1. The van der Waals surface area contributed by atoms with Crippen LogP contribution in [-0.4, -0.2) is 30.6 Å². The van der Waals surface area contributed by atoms with Gasteiger partial charge >= 0.3 is 5.97 Å². The van der Waals surface area contributed by atoms with Gasteiger partial charge in [-0.15, -0.1) is 11.3 Å². The zero-order chi connectivity index (χ0) is 16.9. The Hall–Kier alpha value is -1.91. The summed E-state index contributed by atoms with van der Waals surface area (Å²) in [5, 5.41) is 2.09. The van der Waals surface area contributed by atoms with Gasteiger partial charge in [0, 0.05) is 30.1 Å². The zero-order valence-corrected chi connectivity index (χ0v) is 15.1. The Morgan fingerprint density at radius 3 is 2.71 bits per heavy atom. The molecule has 126 valence electrons. The van der Waals surface area contributed by atoms with Crippen molar-refractivity contribution in [2.24, 2.45) is 0 Å². The highest BCUT2D eigenvalue weighted by Crippen LogP contribution is 2.33. The molecule has 2 aromatic rings. The molecule has 1 aromatic carbocycles. The van der Waals surface area contributed by atoms with Crippen LogP contribution in [-0.2, 0) is 16.1 Å². The molecule has 2 heterocycles. The van der Waals surface area contributed by atoms with Gasteiger partial charge in [0.1, 0.15) is 0 Å². The maximum atomic E-state index is 12.4. The lowest BCUT2D eigenvalue weighted by Gasteiger charge is -2.30. The lowest BCUT2D eigenvalue weighted by molar-refractivity contribution is -0.138. The van der Waals surface area contributed by atoms with E-state index in [1.807, 2.05) is 13.0 Å². The molecular weight excluding hydrogens is 318 g/mol. The van der Waals surface area contributed by atoms with Crippen molar-refractivity contribution in [1.82, 2.24) is 4.90 Å². The summed E-state index contributed by atoms with van der Waals surface area (Å²) in [5.41, 5.74) is 4.53. The Labute approximate surface area is 147 Å². The second kappa shape index (κ2) is 7.77. The van der Waals surface area contributed by atoms with Crippen molar-refractivity contribution in [2.45, 2.75) is 26.8 Å². The Bertz CT molecular complexity index is 733. The first kappa shape index (κ1) is 16.9. The minimum atomic E-state index is -0.153. The Kier molecular flexibility index (Phi) is 5.48. The van der Waals surface area contributed by atoms with Crippen LogP contribution in [0.5, 0.6) is 0 Å². The summed E-state index contributed by atoms with van der Waals surface area (Å²) in [7, 11) is 0. The molecule has 24 heavy (non-hydrogen) atoms. The average molecular weight is 341 g/mol. The number of benzene rings is 1. The van der Waals surface area contributed by atoms with Crippen LogP contribution in [0.2, 0.25) is 0 Å². The fraction of sp³-hybridized carbons (Fsp3) is 0.350. The molecule has 0 saturated carbocycles. The van der Waals surface area contributed by atoms with Crippen molar-refractivity contribution < 1.29 is 9.53 Å². The van der Waals surface area contributed by atoms with Crippen molar-refractivity contribution in [3.05, 3.63) is 63.4 Å². The molecule has 1 aliphatic heterocycles. The summed E-state index contributed by atoms with van der Waals surface area (Å²) >= 11 is 1.71. The molecule has 1 aliphatic rings. The quantitative estimate of drug-likeness (QED) is 0.760. The van der Waals surface area contributed by atoms with Crippen molar-refractivity contribution in [1.29, 1.82) is 0 Å². The molecule has 4 heteroatoms. The van der Waals surface area contributed by atoms with E-state index in [9.17, 15) is 4.79 Å². The van der Waals surface area contributed by atoms with Crippen LogP contribution in [0.15, 0.2) is 47.4 Å². The van der Waals surface area contributed by atoms with Crippen LogP contribution in [0, 0.1) is 6.92 Å². The number of carbonyl (C=O) groups is 1. The fourth-order valence-corrected chi connectivity index (χ4v) is 4.12. The van der Waals surface area contributed by atoms with E-state index in [4.69, 9.17) is 4.74 Å². The number of aryl methyl sites for hydroxylation is 1. The number of rotatable bonds is 5. The lowest BCUT2D eigenvalue weighted by atomic mass is 9.96. The van der Waals surface area contributed by atoms with Gasteiger partial charge in [-0.2, -0.15) is 0 Å². The number of hydrogen-bond donors (Lipinski definition) is 0. The van der Waals surface area contributed by atoms with Gasteiger partial charge in [-0.25, -0.2) is 4.79 Å². The van der Waals surface area contributed by atoms with E-state index >= 15 is 0 Å².